The van der Waals surface area contributed by atoms with E-state index < -0.39 is 0 Å². The lowest BCUT2D eigenvalue weighted by Crippen LogP contribution is -2.56. The fraction of sp³-hybridized carbons (Fsp3) is 0.818. The average molecular weight is 360 g/mol. The fourth-order valence-electron chi connectivity index (χ4n) is 7.22. The highest BCUT2D eigenvalue weighted by Gasteiger charge is 2.61. The van der Waals surface area contributed by atoms with Crippen molar-refractivity contribution in [2.75, 3.05) is 6.61 Å². The number of carbonyl (C=O) groups excluding carboxylic acids is 2. The molecule has 4 heteroatoms. The molecule has 0 spiro atoms. The number of Topliss-reactive ketones (excluding diaryl/α,β-unsaturated/α-hetero) is 1. The molecule has 4 nitrogen and oxygen atoms in total. The third-order valence-electron chi connectivity index (χ3n) is 8.60. The monoisotopic (exact) mass is 360 g/mol. The first kappa shape index (κ1) is 18.2. The molecule has 4 rings (SSSR count). The number of aliphatic hydroxyl groups excluding tert-OH is 1. The van der Waals surface area contributed by atoms with Crippen molar-refractivity contribution >= 4 is 11.8 Å². The summed E-state index contributed by atoms with van der Waals surface area (Å²) in [7, 11) is 0. The van der Waals surface area contributed by atoms with Crippen LogP contribution in [-0.2, 0) is 14.3 Å². The summed E-state index contributed by atoms with van der Waals surface area (Å²) in [5, 5.41) is 10.6. The minimum Gasteiger partial charge on any atom is -0.465 e. The molecular formula is C22H32O4. The number of hydrogen-bond donors (Lipinski definition) is 1. The molecule has 144 valence electrons. The Hall–Kier alpha value is -1.16. The van der Waals surface area contributed by atoms with Crippen molar-refractivity contribution in [3.05, 3.63) is 11.6 Å². The van der Waals surface area contributed by atoms with E-state index in [0.717, 1.165) is 32.1 Å². The smallest absolute Gasteiger partial charge is 0.302 e. The van der Waals surface area contributed by atoms with Crippen molar-refractivity contribution in [2.24, 2.45) is 34.5 Å². The molecule has 7 atom stereocenters. The van der Waals surface area contributed by atoms with Crippen LogP contribution in [-0.4, -0.2) is 29.6 Å². The molecule has 0 radical (unpaired) electrons. The molecule has 0 aromatic carbocycles. The summed E-state index contributed by atoms with van der Waals surface area (Å²) in [6.45, 7) is 6.34. The van der Waals surface area contributed by atoms with Crippen LogP contribution in [0.3, 0.4) is 0 Å². The van der Waals surface area contributed by atoms with Crippen LogP contribution in [0.5, 0.6) is 0 Å². The van der Waals surface area contributed by atoms with Crippen LogP contribution in [0.1, 0.15) is 65.7 Å². The van der Waals surface area contributed by atoms with E-state index >= 15 is 0 Å². The Morgan fingerprint density at radius 2 is 2.08 bits per heavy atom. The Bertz CT molecular complexity index is 653. The Balaban J connectivity index is 1.74. The lowest BCUT2D eigenvalue weighted by Gasteiger charge is -2.59. The molecule has 0 bridgehead atoms. The summed E-state index contributed by atoms with van der Waals surface area (Å²) in [4.78, 5) is 23.9. The SMILES string of the molecule is CC(=O)OC[C@]12C(=CC[C@@H]3[C@H]1CC[C@]1(C)C(O)CC[C@@H]31)CC(=O)CC2C. The highest BCUT2D eigenvalue weighted by molar-refractivity contribution is 5.83. The molecule has 3 saturated carbocycles. The van der Waals surface area contributed by atoms with Gasteiger partial charge in [0, 0.05) is 25.2 Å². The van der Waals surface area contributed by atoms with Gasteiger partial charge in [-0.05, 0) is 61.2 Å². The Kier molecular flexibility index (Phi) is 4.33. The first-order valence-corrected chi connectivity index (χ1v) is 10.3. The van der Waals surface area contributed by atoms with Crippen molar-refractivity contribution < 1.29 is 19.4 Å². The number of esters is 1. The normalized spacial score (nSPS) is 47.5. The minimum absolute atomic E-state index is 0.0306. The van der Waals surface area contributed by atoms with Crippen molar-refractivity contribution in [3.63, 3.8) is 0 Å². The number of fused-ring (bicyclic) bond motifs is 5. The van der Waals surface area contributed by atoms with E-state index in [0.29, 0.717) is 43.0 Å². The molecule has 0 heterocycles. The fourth-order valence-corrected chi connectivity index (χ4v) is 7.22. The predicted octanol–water partition coefficient (Wildman–Crippen LogP) is 3.67. The largest absolute Gasteiger partial charge is 0.465 e. The number of rotatable bonds is 2. The number of carbonyl (C=O) groups is 2. The van der Waals surface area contributed by atoms with E-state index in [2.05, 4.69) is 19.9 Å². The molecule has 0 aliphatic heterocycles. The molecule has 4 aliphatic carbocycles. The highest BCUT2D eigenvalue weighted by Crippen LogP contribution is 2.65. The van der Waals surface area contributed by atoms with Gasteiger partial charge in [0.15, 0.2) is 0 Å². The van der Waals surface area contributed by atoms with Crippen LogP contribution in [0.25, 0.3) is 0 Å². The number of ketones is 1. The maximum Gasteiger partial charge on any atom is 0.302 e. The molecule has 0 amide bonds. The summed E-state index contributed by atoms with van der Waals surface area (Å²) in [5.74, 6) is 1.81. The van der Waals surface area contributed by atoms with Gasteiger partial charge in [-0.25, -0.2) is 0 Å². The van der Waals surface area contributed by atoms with E-state index in [-0.39, 0.29) is 28.8 Å². The summed E-state index contributed by atoms with van der Waals surface area (Å²) in [6, 6.07) is 0. The van der Waals surface area contributed by atoms with Gasteiger partial charge in [0.25, 0.3) is 0 Å². The van der Waals surface area contributed by atoms with Gasteiger partial charge in [0.2, 0.25) is 0 Å². The average Bonchev–Trinajstić information content (AvgIpc) is 2.88. The summed E-state index contributed by atoms with van der Waals surface area (Å²) in [5.41, 5.74) is 1.08. The molecular weight excluding hydrogens is 328 g/mol. The van der Waals surface area contributed by atoms with Crippen LogP contribution in [0.2, 0.25) is 0 Å². The number of hydrogen-bond acceptors (Lipinski definition) is 4. The Labute approximate surface area is 156 Å². The summed E-state index contributed by atoms with van der Waals surface area (Å²) in [6.07, 6.45) is 8.34. The third-order valence-corrected chi connectivity index (χ3v) is 8.60. The van der Waals surface area contributed by atoms with E-state index in [1.165, 1.54) is 12.5 Å². The van der Waals surface area contributed by atoms with Crippen LogP contribution in [0.15, 0.2) is 11.6 Å². The highest BCUT2D eigenvalue weighted by atomic mass is 16.5. The van der Waals surface area contributed by atoms with Crippen LogP contribution in [0, 0.1) is 34.5 Å². The van der Waals surface area contributed by atoms with Crippen LogP contribution in [0.4, 0.5) is 0 Å². The van der Waals surface area contributed by atoms with E-state index in [4.69, 9.17) is 4.74 Å². The van der Waals surface area contributed by atoms with Crippen molar-refractivity contribution in [3.8, 4) is 0 Å². The first-order chi connectivity index (χ1) is 12.3. The molecule has 0 aromatic rings. The van der Waals surface area contributed by atoms with E-state index in [1.54, 1.807) is 0 Å². The van der Waals surface area contributed by atoms with E-state index in [1.807, 2.05) is 0 Å². The van der Waals surface area contributed by atoms with Gasteiger partial charge >= 0.3 is 5.97 Å². The lowest BCUT2D eigenvalue weighted by molar-refractivity contribution is -0.154. The molecule has 0 aromatic heterocycles. The van der Waals surface area contributed by atoms with E-state index in [9.17, 15) is 14.7 Å². The zero-order valence-corrected chi connectivity index (χ0v) is 16.3. The number of ether oxygens (including phenoxy) is 1. The van der Waals surface area contributed by atoms with Crippen molar-refractivity contribution in [2.45, 2.75) is 71.8 Å². The second kappa shape index (κ2) is 6.19. The maximum absolute atomic E-state index is 12.3. The van der Waals surface area contributed by atoms with Crippen LogP contribution < -0.4 is 0 Å². The minimum atomic E-state index is -0.234. The van der Waals surface area contributed by atoms with Gasteiger partial charge in [-0.3, -0.25) is 9.59 Å². The Morgan fingerprint density at radius 3 is 2.81 bits per heavy atom. The van der Waals surface area contributed by atoms with Crippen molar-refractivity contribution in [1.82, 2.24) is 0 Å². The van der Waals surface area contributed by atoms with Crippen molar-refractivity contribution in [1.29, 1.82) is 0 Å². The maximum atomic E-state index is 12.3. The topological polar surface area (TPSA) is 63.6 Å². The first-order valence-electron chi connectivity index (χ1n) is 10.3. The summed E-state index contributed by atoms with van der Waals surface area (Å²) < 4.78 is 5.61. The number of aliphatic hydroxyl groups is 1. The van der Waals surface area contributed by atoms with Gasteiger partial charge in [-0.15, -0.1) is 0 Å². The van der Waals surface area contributed by atoms with Gasteiger partial charge < -0.3 is 9.84 Å². The predicted molar refractivity (Wildman–Crippen MR) is 98.2 cm³/mol. The second-order valence-corrected chi connectivity index (χ2v) is 9.62. The van der Waals surface area contributed by atoms with Gasteiger partial charge in [0.1, 0.15) is 12.4 Å². The molecule has 26 heavy (non-hydrogen) atoms. The molecule has 0 saturated heterocycles. The molecule has 1 N–H and O–H groups in total. The molecule has 2 unspecified atom stereocenters. The quantitative estimate of drug-likeness (QED) is 0.603. The standard InChI is InChI=1S/C22H32O4/c1-13-10-16(24)11-15-4-5-17-18-6-7-20(25)21(18,3)9-8-19(17)22(13,15)12-26-14(2)23/h4,13,17-20,25H,5-12H2,1-3H3/t13?,17-,18-,19+,20?,21-,22-/m0/s1. The van der Waals surface area contributed by atoms with Gasteiger partial charge in [-0.2, -0.15) is 0 Å². The zero-order chi connectivity index (χ0) is 18.7. The summed E-state index contributed by atoms with van der Waals surface area (Å²) >= 11 is 0. The second-order valence-electron chi connectivity index (χ2n) is 9.62. The number of allylic oxidation sites excluding steroid dienone is 1. The zero-order valence-electron chi connectivity index (χ0n) is 16.3. The lowest BCUT2D eigenvalue weighted by atomic mass is 9.45. The van der Waals surface area contributed by atoms with Crippen LogP contribution >= 0.6 is 0 Å². The molecule has 3 fully saturated rings. The van der Waals surface area contributed by atoms with Gasteiger partial charge in [-0.1, -0.05) is 25.5 Å². The Morgan fingerprint density at radius 1 is 1.31 bits per heavy atom. The molecule has 4 aliphatic rings. The third kappa shape index (κ3) is 2.44. The van der Waals surface area contributed by atoms with Gasteiger partial charge in [0.05, 0.1) is 6.10 Å².